The average Bonchev–Trinajstić information content (AvgIpc) is 2.47. The zero-order chi connectivity index (χ0) is 14.2. The number of rotatable bonds is 6. The molecule has 1 aromatic rings. The molecule has 0 aliphatic carbocycles. The third-order valence-electron chi connectivity index (χ3n) is 3.47. The minimum Gasteiger partial charge on any atom is -0.375 e. The number of aryl methyl sites for hydroxylation is 1. The molecular weight excluding hydrogens is 252 g/mol. The van der Waals surface area contributed by atoms with Gasteiger partial charge in [0, 0.05) is 18.8 Å². The molecule has 0 saturated carbocycles. The lowest BCUT2D eigenvalue weighted by Gasteiger charge is -2.23. The van der Waals surface area contributed by atoms with Crippen LogP contribution >= 0.6 is 0 Å². The summed E-state index contributed by atoms with van der Waals surface area (Å²) in [5.41, 5.74) is 2.18. The van der Waals surface area contributed by atoms with Crippen LogP contribution in [0.25, 0.3) is 0 Å². The van der Waals surface area contributed by atoms with Crippen molar-refractivity contribution in [3.63, 3.8) is 0 Å². The monoisotopic (exact) mass is 276 g/mol. The van der Waals surface area contributed by atoms with Crippen molar-refractivity contribution < 1.29 is 9.53 Å². The van der Waals surface area contributed by atoms with Gasteiger partial charge in [0.1, 0.15) is 0 Å². The van der Waals surface area contributed by atoms with Gasteiger partial charge in [-0.15, -0.1) is 0 Å². The lowest BCUT2D eigenvalue weighted by molar-refractivity contribution is -0.119. The number of benzene rings is 1. The molecular formula is C16H24N2O2. The number of ether oxygens (including phenoxy) is 1. The molecule has 4 heteroatoms. The average molecular weight is 276 g/mol. The maximum Gasteiger partial charge on any atom is 0.227 e. The van der Waals surface area contributed by atoms with Crippen LogP contribution in [-0.2, 0) is 16.0 Å². The summed E-state index contributed by atoms with van der Waals surface area (Å²) in [5.74, 6) is 0.0139. The van der Waals surface area contributed by atoms with Crippen molar-refractivity contribution in [2.24, 2.45) is 0 Å². The van der Waals surface area contributed by atoms with Crippen LogP contribution in [0.15, 0.2) is 24.3 Å². The first-order valence-electron chi connectivity index (χ1n) is 7.49. The molecule has 0 aromatic heterocycles. The lowest BCUT2D eigenvalue weighted by atomic mass is 10.1. The van der Waals surface area contributed by atoms with Crippen molar-refractivity contribution in [1.82, 2.24) is 5.32 Å². The highest BCUT2D eigenvalue weighted by molar-refractivity contribution is 5.91. The van der Waals surface area contributed by atoms with Gasteiger partial charge in [0.15, 0.2) is 0 Å². The predicted molar refractivity (Wildman–Crippen MR) is 80.9 cm³/mol. The molecule has 1 fully saturated rings. The maximum absolute atomic E-state index is 11.9. The summed E-state index contributed by atoms with van der Waals surface area (Å²) in [7, 11) is 0. The Labute approximate surface area is 120 Å². The van der Waals surface area contributed by atoms with Crippen LogP contribution in [0.4, 0.5) is 5.69 Å². The molecule has 4 nitrogen and oxygen atoms in total. The molecule has 1 aromatic carbocycles. The number of carbonyl (C=O) groups excluding carboxylic acids is 1. The van der Waals surface area contributed by atoms with Crippen LogP contribution in [-0.4, -0.2) is 31.7 Å². The van der Waals surface area contributed by atoms with E-state index in [9.17, 15) is 4.79 Å². The molecule has 0 radical (unpaired) electrons. The summed E-state index contributed by atoms with van der Waals surface area (Å²) in [6, 6.07) is 8.12. The highest BCUT2D eigenvalue weighted by Gasteiger charge is 2.17. The van der Waals surface area contributed by atoms with Crippen LogP contribution in [0.2, 0.25) is 0 Å². The van der Waals surface area contributed by atoms with Gasteiger partial charge < -0.3 is 15.4 Å². The Morgan fingerprint density at radius 3 is 2.85 bits per heavy atom. The van der Waals surface area contributed by atoms with Crippen molar-refractivity contribution in [2.45, 2.75) is 38.7 Å². The smallest absolute Gasteiger partial charge is 0.227 e. The van der Waals surface area contributed by atoms with Crippen molar-refractivity contribution in [2.75, 3.05) is 25.0 Å². The molecule has 2 rings (SSSR count). The SMILES string of the molecule is CCCCc1ccc(NC(=O)CC2CNCCO2)cc1. The van der Waals surface area contributed by atoms with E-state index in [1.165, 1.54) is 18.4 Å². The molecule has 2 N–H and O–H groups in total. The molecule has 0 spiro atoms. The van der Waals surface area contributed by atoms with Gasteiger partial charge in [0.05, 0.1) is 19.1 Å². The summed E-state index contributed by atoms with van der Waals surface area (Å²) in [5, 5.41) is 6.15. The van der Waals surface area contributed by atoms with E-state index in [2.05, 4.69) is 29.7 Å². The summed E-state index contributed by atoms with van der Waals surface area (Å²) in [6.45, 7) is 4.50. The van der Waals surface area contributed by atoms with E-state index < -0.39 is 0 Å². The van der Waals surface area contributed by atoms with Gasteiger partial charge in [0.25, 0.3) is 0 Å². The molecule has 1 aliphatic heterocycles. The highest BCUT2D eigenvalue weighted by Crippen LogP contribution is 2.13. The van der Waals surface area contributed by atoms with E-state index in [0.29, 0.717) is 13.0 Å². The number of morpholine rings is 1. The Kier molecular flexibility index (Phi) is 6.02. The van der Waals surface area contributed by atoms with E-state index in [0.717, 1.165) is 25.2 Å². The topological polar surface area (TPSA) is 50.4 Å². The quantitative estimate of drug-likeness (QED) is 0.838. The summed E-state index contributed by atoms with van der Waals surface area (Å²) >= 11 is 0. The fraction of sp³-hybridized carbons (Fsp3) is 0.562. The second-order valence-corrected chi connectivity index (χ2v) is 5.25. The number of anilines is 1. The first-order valence-corrected chi connectivity index (χ1v) is 7.49. The summed E-state index contributed by atoms with van der Waals surface area (Å²) < 4.78 is 5.53. The normalized spacial score (nSPS) is 18.8. The van der Waals surface area contributed by atoms with Crippen molar-refractivity contribution in [1.29, 1.82) is 0 Å². The number of hydrogen-bond acceptors (Lipinski definition) is 3. The Balaban J connectivity index is 1.78. The first kappa shape index (κ1) is 15.0. The van der Waals surface area contributed by atoms with Crippen LogP contribution in [0, 0.1) is 0 Å². The fourth-order valence-corrected chi connectivity index (χ4v) is 2.31. The van der Waals surface area contributed by atoms with Crippen LogP contribution < -0.4 is 10.6 Å². The van der Waals surface area contributed by atoms with E-state index in [4.69, 9.17) is 4.74 Å². The van der Waals surface area contributed by atoms with Crippen LogP contribution in [0.1, 0.15) is 31.7 Å². The highest BCUT2D eigenvalue weighted by atomic mass is 16.5. The van der Waals surface area contributed by atoms with E-state index in [1.807, 2.05) is 12.1 Å². The van der Waals surface area contributed by atoms with Gasteiger partial charge in [-0.1, -0.05) is 25.5 Å². The first-order chi connectivity index (χ1) is 9.78. The zero-order valence-electron chi connectivity index (χ0n) is 12.2. The second-order valence-electron chi connectivity index (χ2n) is 5.25. The third-order valence-corrected chi connectivity index (χ3v) is 3.47. The van der Waals surface area contributed by atoms with Crippen molar-refractivity contribution in [3.05, 3.63) is 29.8 Å². The molecule has 1 atom stereocenters. The minimum absolute atomic E-state index is 0.00687. The van der Waals surface area contributed by atoms with Crippen LogP contribution in [0.3, 0.4) is 0 Å². The molecule has 1 unspecified atom stereocenters. The Hall–Kier alpha value is -1.39. The van der Waals surface area contributed by atoms with Gasteiger partial charge in [-0.05, 0) is 30.5 Å². The third kappa shape index (κ3) is 4.94. The van der Waals surface area contributed by atoms with Crippen molar-refractivity contribution >= 4 is 11.6 Å². The number of unbranched alkanes of at least 4 members (excludes halogenated alkanes) is 1. The number of nitrogens with one attached hydrogen (secondary N) is 2. The molecule has 1 heterocycles. The molecule has 1 saturated heterocycles. The van der Waals surface area contributed by atoms with E-state index in [-0.39, 0.29) is 12.0 Å². The maximum atomic E-state index is 11.9. The molecule has 110 valence electrons. The molecule has 1 aliphatic rings. The number of hydrogen-bond donors (Lipinski definition) is 2. The van der Waals surface area contributed by atoms with E-state index in [1.54, 1.807) is 0 Å². The van der Waals surface area contributed by atoms with Gasteiger partial charge >= 0.3 is 0 Å². The lowest BCUT2D eigenvalue weighted by Crippen LogP contribution is -2.40. The minimum atomic E-state index is -0.00687. The Morgan fingerprint density at radius 1 is 1.40 bits per heavy atom. The largest absolute Gasteiger partial charge is 0.375 e. The number of amides is 1. The molecule has 1 amide bonds. The zero-order valence-corrected chi connectivity index (χ0v) is 12.2. The van der Waals surface area contributed by atoms with Gasteiger partial charge in [0.2, 0.25) is 5.91 Å². The van der Waals surface area contributed by atoms with Gasteiger partial charge in [-0.3, -0.25) is 4.79 Å². The Bertz CT molecular complexity index is 411. The van der Waals surface area contributed by atoms with Gasteiger partial charge in [-0.2, -0.15) is 0 Å². The molecule has 0 bridgehead atoms. The number of carbonyl (C=O) groups is 1. The predicted octanol–water partition coefficient (Wildman–Crippen LogP) is 2.35. The van der Waals surface area contributed by atoms with E-state index >= 15 is 0 Å². The van der Waals surface area contributed by atoms with Gasteiger partial charge in [-0.25, -0.2) is 0 Å². The standard InChI is InChI=1S/C16H24N2O2/c1-2-3-4-13-5-7-14(8-6-13)18-16(19)11-15-12-17-9-10-20-15/h5-8,15,17H,2-4,9-12H2,1H3,(H,18,19). The fourth-order valence-electron chi connectivity index (χ4n) is 2.31. The Morgan fingerprint density at radius 2 is 2.20 bits per heavy atom. The second kappa shape index (κ2) is 8.02. The molecule has 20 heavy (non-hydrogen) atoms. The van der Waals surface area contributed by atoms with Crippen LogP contribution in [0.5, 0.6) is 0 Å². The summed E-state index contributed by atoms with van der Waals surface area (Å²) in [4.78, 5) is 11.9. The van der Waals surface area contributed by atoms with Crippen molar-refractivity contribution in [3.8, 4) is 0 Å². The summed E-state index contributed by atoms with van der Waals surface area (Å²) in [6.07, 6.45) is 3.91.